The van der Waals surface area contributed by atoms with Gasteiger partial charge in [-0.3, -0.25) is 4.79 Å². The van der Waals surface area contributed by atoms with Gasteiger partial charge in [-0.05, 0) is 55.7 Å². The lowest BCUT2D eigenvalue weighted by Gasteiger charge is -2.31. The van der Waals surface area contributed by atoms with Gasteiger partial charge in [0, 0.05) is 19.0 Å². The van der Waals surface area contributed by atoms with Crippen LogP contribution < -0.4 is 4.18 Å². The summed E-state index contributed by atoms with van der Waals surface area (Å²) in [5, 5.41) is 0. The number of benzene rings is 1. The maximum atomic E-state index is 13.0. The molecule has 0 N–H and O–H groups in total. The zero-order chi connectivity index (χ0) is 21.5. The molecule has 1 rings (SSSR count). The van der Waals surface area contributed by atoms with Crippen molar-refractivity contribution in [2.75, 3.05) is 5.75 Å². The van der Waals surface area contributed by atoms with Gasteiger partial charge in [-0.15, -0.1) is 0 Å². The number of nitrogens with zero attached hydrogens (tertiary/aromatic N) is 1. The number of carbonyl (C=O) groups is 1. The molecule has 0 saturated carbocycles. The third-order valence-corrected chi connectivity index (χ3v) is 5.93. The number of carbonyl (C=O) groups excluding carboxylic acids is 1. The summed E-state index contributed by atoms with van der Waals surface area (Å²) in [5.74, 6) is 0.720. The van der Waals surface area contributed by atoms with Gasteiger partial charge in [0.05, 0.1) is 5.75 Å². The fraction of sp³-hybridized carbons (Fsp3) is 0.682. The topological polar surface area (TPSA) is 63.7 Å². The minimum Gasteiger partial charge on any atom is -0.382 e. The van der Waals surface area contributed by atoms with E-state index in [2.05, 4.69) is 41.5 Å². The monoisotopic (exact) mass is 411 g/mol. The second-order valence-corrected chi connectivity index (χ2v) is 10.8. The van der Waals surface area contributed by atoms with Crippen LogP contribution in [0.3, 0.4) is 0 Å². The van der Waals surface area contributed by atoms with Gasteiger partial charge in [-0.2, -0.15) is 8.42 Å². The zero-order valence-electron chi connectivity index (χ0n) is 18.5. The molecule has 1 amide bonds. The maximum absolute atomic E-state index is 13.0. The van der Waals surface area contributed by atoms with E-state index in [1.807, 2.05) is 17.0 Å². The Balaban J connectivity index is 2.85. The summed E-state index contributed by atoms with van der Waals surface area (Å²) in [6, 6.07) is 7.07. The zero-order valence-corrected chi connectivity index (χ0v) is 19.3. The van der Waals surface area contributed by atoms with Crippen LogP contribution in [0.4, 0.5) is 0 Å². The Bertz CT molecular complexity index is 720. The summed E-state index contributed by atoms with van der Waals surface area (Å²) in [6.07, 6.45) is 2.43. The van der Waals surface area contributed by atoms with Crippen LogP contribution in [0.5, 0.6) is 5.75 Å². The molecule has 0 aromatic heterocycles. The van der Waals surface area contributed by atoms with E-state index in [0.29, 0.717) is 24.6 Å². The lowest BCUT2D eigenvalue weighted by Crippen LogP contribution is -2.38. The van der Waals surface area contributed by atoms with Gasteiger partial charge in [0.15, 0.2) is 0 Å². The van der Waals surface area contributed by atoms with Crippen LogP contribution >= 0.6 is 0 Å². The van der Waals surface area contributed by atoms with Crippen molar-refractivity contribution in [1.82, 2.24) is 4.90 Å². The first-order chi connectivity index (χ1) is 12.9. The average molecular weight is 412 g/mol. The molecule has 1 aromatic carbocycles. The van der Waals surface area contributed by atoms with E-state index in [4.69, 9.17) is 4.18 Å². The summed E-state index contributed by atoms with van der Waals surface area (Å²) in [5.41, 5.74) is 1.16. The molecule has 160 valence electrons. The van der Waals surface area contributed by atoms with E-state index in [0.717, 1.165) is 18.4 Å². The molecule has 5 nitrogen and oxygen atoms in total. The largest absolute Gasteiger partial charge is 0.382 e. The molecular formula is C22H37NO4S. The molecule has 1 aromatic rings. The Labute approximate surface area is 171 Å². The molecule has 0 radical (unpaired) electrons. The lowest BCUT2D eigenvalue weighted by molar-refractivity contribution is -0.135. The van der Waals surface area contributed by atoms with Gasteiger partial charge >= 0.3 is 10.1 Å². The average Bonchev–Trinajstić information content (AvgIpc) is 2.58. The van der Waals surface area contributed by atoms with Crippen molar-refractivity contribution in [1.29, 1.82) is 0 Å². The van der Waals surface area contributed by atoms with Crippen LogP contribution in [0, 0.1) is 11.3 Å². The van der Waals surface area contributed by atoms with Crippen LogP contribution in [0.2, 0.25) is 0 Å². The minimum atomic E-state index is -3.53. The molecule has 0 spiro atoms. The smallest absolute Gasteiger partial charge is 0.308 e. The standard InChI is InChI=1S/C22H37NO4S/c1-8-18(4)23(21(24)14-17(3)15-22(5,6)7)16-19-10-12-20(13-11-19)27-28(25,26)9-2/h10-13,17-18H,8-9,14-16H2,1-7H3/t17-,18+/m1/s1. The Morgan fingerprint density at radius 2 is 1.68 bits per heavy atom. The summed E-state index contributed by atoms with van der Waals surface area (Å²) in [7, 11) is -3.53. The van der Waals surface area contributed by atoms with E-state index in [1.54, 1.807) is 19.1 Å². The molecule has 0 unspecified atom stereocenters. The SMILES string of the molecule is CC[C@H](C)N(Cc1ccc(OS(=O)(=O)CC)cc1)C(=O)C[C@@H](C)CC(C)(C)C. The Kier molecular flexibility index (Phi) is 8.99. The van der Waals surface area contributed by atoms with Crippen molar-refractivity contribution in [2.24, 2.45) is 11.3 Å². The second-order valence-electron chi connectivity index (χ2n) is 8.93. The highest BCUT2D eigenvalue weighted by molar-refractivity contribution is 7.87. The van der Waals surface area contributed by atoms with Gasteiger partial charge in [-0.25, -0.2) is 0 Å². The Morgan fingerprint density at radius 1 is 1.11 bits per heavy atom. The van der Waals surface area contributed by atoms with Crippen molar-refractivity contribution in [3.63, 3.8) is 0 Å². The molecule has 0 heterocycles. The molecule has 0 bridgehead atoms. The predicted octanol–water partition coefficient (Wildman–Crippen LogP) is 5.00. The first-order valence-corrected chi connectivity index (χ1v) is 11.7. The molecule has 28 heavy (non-hydrogen) atoms. The van der Waals surface area contributed by atoms with Crippen molar-refractivity contribution >= 4 is 16.0 Å². The highest BCUT2D eigenvalue weighted by Crippen LogP contribution is 2.27. The number of hydrogen-bond acceptors (Lipinski definition) is 4. The lowest BCUT2D eigenvalue weighted by atomic mass is 9.84. The molecule has 6 heteroatoms. The van der Waals surface area contributed by atoms with Crippen LogP contribution in [-0.2, 0) is 21.5 Å². The predicted molar refractivity (Wildman–Crippen MR) is 115 cm³/mol. The maximum Gasteiger partial charge on any atom is 0.308 e. The van der Waals surface area contributed by atoms with Crippen molar-refractivity contribution < 1.29 is 17.4 Å². The van der Waals surface area contributed by atoms with Crippen molar-refractivity contribution in [3.8, 4) is 5.75 Å². The molecule has 0 aliphatic rings. The van der Waals surface area contributed by atoms with Gasteiger partial charge in [0.2, 0.25) is 5.91 Å². The van der Waals surface area contributed by atoms with Gasteiger partial charge in [-0.1, -0.05) is 46.8 Å². The summed E-state index contributed by atoms with van der Waals surface area (Å²) in [4.78, 5) is 14.9. The highest BCUT2D eigenvalue weighted by Gasteiger charge is 2.23. The molecule has 0 aliphatic heterocycles. The molecule has 0 saturated heterocycles. The fourth-order valence-electron chi connectivity index (χ4n) is 3.30. The Hall–Kier alpha value is -1.56. The van der Waals surface area contributed by atoms with Crippen molar-refractivity contribution in [2.45, 2.75) is 80.3 Å². The first-order valence-electron chi connectivity index (χ1n) is 10.2. The van der Waals surface area contributed by atoms with E-state index in [-0.39, 0.29) is 23.1 Å². The van der Waals surface area contributed by atoms with Crippen LogP contribution in [0.25, 0.3) is 0 Å². The van der Waals surface area contributed by atoms with Gasteiger partial charge in [0.1, 0.15) is 5.75 Å². The van der Waals surface area contributed by atoms with Crippen LogP contribution in [0.1, 0.15) is 73.3 Å². The van der Waals surface area contributed by atoms with Crippen LogP contribution in [0.15, 0.2) is 24.3 Å². The molecule has 0 fully saturated rings. The van der Waals surface area contributed by atoms with E-state index >= 15 is 0 Å². The quantitative estimate of drug-likeness (QED) is 0.508. The minimum absolute atomic E-state index is 0.0716. The summed E-state index contributed by atoms with van der Waals surface area (Å²) in [6.45, 7) is 14.9. The molecule has 2 atom stereocenters. The Morgan fingerprint density at radius 3 is 2.14 bits per heavy atom. The van der Waals surface area contributed by atoms with Crippen molar-refractivity contribution in [3.05, 3.63) is 29.8 Å². The van der Waals surface area contributed by atoms with Gasteiger partial charge < -0.3 is 9.08 Å². The normalized spacial score (nSPS) is 14.4. The number of amides is 1. The number of hydrogen-bond donors (Lipinski definition) is 0. The third kappa shape index (κ3) is 8.63. The summed E-state index contributed by atoms with van der Waals surface area (Å²) < 4.78 is 28.2. The fourth-order valence-corrected chi connectivity index (χ4v) is 3.82. The van der Waals surface area contributed by atoms with Gasteiger partial charge in [0.25, 0.3) is 0 Å². The molecular weight excluding hydrogens is 374 g/mol. The van der Waals surface area contributed by atoms with E-state index < -0.39 is 10.1 Å². The number of rotatable bonds is 10. The highest BCUT2D eigenvalue weighted by atomic mass is 32.2. The third-order valence-electron chi connectivity index (χ3n) is 4.78. The second kappa shape index (κ2) is 10.3. The van der Waals surface area contributed by atoms with Crippen LogP contribution in [-0.4, -0.2) is 31.0 Å². The summed E-state index contributed by atoms with van der Waals surface area (Å²) >= 11 is 0. The first kappa shape index (κ1) is 24.5. The van der Waals surface area contributed by atoms with E-state index in [9.17, 15) is 13.2 Å². The van der Waals surface area contributed by atoms with E-state index in [1.165, 1.54) is 0 Å². The molecule has 0 aliphatic carbocycles.